The molecule has 1 saturated heterocycles. The van der Waals surface area contributed by atoms with Gasteiger partial charge in [-0.3, -0.25) is 4.90 Å². The molecule has 1 aromatic carbocycles. The van der Waals surface area contributed by atoms with E-state index in [0.29, 0.717) is 13.0 Å². The molecule has 0 spiro atoms. The topological polar surface area (TPSA) is 87.6 Å². The van der Waals surface area contributed by atoms with Gasteiger partial charge in [0.05, 0.1) is 6.20 Å². The fourth-order valence-electron chi connectivity index (χ4n) is 4.63. The van der Waals surface area contributed by atoms with E-state index in [-0.39, 0.29) is 35.8 Å². The molecule has 1 amide bonds. The number of piperidine rings is 1. The molecule has 0 bridgehead atoms. The van der Waals surface area contributed by atoms with Gasteiger partial charge in [0, 0.05) is 24.7 Å². The molecule has 2 N–H and O–H groups in total. The Hall–Kier alpha value is -2.81. The van der Waals surface area contributed by atoms with E-state index in [2.05, 4.69) is 20.4 Å². The number of hydrogen-bond acceptors (Lipinski definition) is 5. The summed E-state index contributed by atoms with van der Waals surface area (Å²) in [6.45, 7) is 1.41. The molecule has 2 aromatic rings. The normalized spacial score (nSPS) is 27.0. The molecule has 30 heavy (non-hydrogen) atoms. The van der Waals surface area contributed by atoms with Gasteiger partial charge in [-0.25, -0.2) is 13.6 Å². The zero-order chi connectivity index (χ0) is 21.1. The molecule has 4 atom stereocenters. The lowest BCUT2D eigenvalue weighted by Gasteiger charge is -2.38. The Morgan fingerprint density at radius 2 is 2.00 bits per heavy atom. The Morgan fingerprint density at radius 3 is 2.73 bits per heavy atom. The predicted octanol–water partition coefficient (Wildman–Crippen LogP) is 3.18. The minimum absolute atomic E-state index is 0.00325. The number of aromatic nitrogens is 2. The van der Waals surface area contributed by atoms with Gasteiger partial charge in [0.15, 0.2) is 0 Å². The van der Waals surface area contributed by atoms with Gasteiger partial charge in [0.1, 0.15) is 17.7 Å². The lowest BCUT2D eigenvalue weighted by molar-refractivity contribution is 0.0599. The van der Waals surface area contributed by atoms with Crippen LogP contribution in [-0.4, -0.2) is 57.6 Å². The number of ether oxygens (including phenoxy) is 1. The van der Waals surface area contributed by atoms with Crippen molar-refractivity contribution >= 4 is 6.09 Å². The number of nitrogens with zero attached hydrogens (tertiary/aromatic N) is 3. The van der Waals surface area contributed by atoms with Gasteiger partial charge >= 0.3 is 6.09 Å². The Bertz CT molecular complexity index is 883. The van der Waals surface area contributed by atoms with Gasteiger partial charge in [-0.2, -0.15) is 5.10 Å². The van der Waals surface area contributed by atoms with Gasteiger partial charge in [-0.05, 0) is 55.8 Å². The number of amides is 1. The number of halogens is 2. The molecule has 9 heteroatoms. The van der Waals surface area contributed by atoms with Crippen LogP contribution in [0.4, 0.5) is 13.6 Å². The van der Waals surface area contributed by atoms with Crippen LogP contribution < -0.4 is 10.1 Å². The Balaban J connectivity index is 1.54. The molecular weight excluding hydrogens is 394 g/mol. The molecule has 1 aliphatic heterocycles. The summed E-state index contributed by atoms with van der Waals surface area (Å²) in [5, 5.41) is 19.1. The van der Waals surface area contributed by atoms with E-state index in [4.69, 9.17) is 9.84 Å². The highest BCUT2D eigenvalue weighted by atomic mass is 19.1. The molecule has 2 heterocycles. The molecule has 1 saturated carbocycles. The highest BCUT2D eigenvalue weighted by molar-refractivity contribution is 5.64. The highest BCUT2D eigenvalue weighted by Crippen LogP contribution is 2.39. The van der Waals surface area contributed by atoms with Crippen LogP contribution in [0.15, 0.2) is 36.5 Å². The van der Waals surface area contributed by atoms with Crippen LogP contribution in [0, 0.1) is 11.6 Å². The molecule has 160 valence electrons. The number of benzene rings is 1. The maximum atomic E-state index is 13.6. The van der Waals surface area contributed by atoms with E-state index >= 15 is 0 Å². The molecule has 1 aliphatic carbocycles. The summed E-state index contributed by atoms with van der Waals surface area (Å²) in [5.74, 6) is -0.528. The number of rotatable bonds is 5. The van der Waals surface area contributed by atoms with E-state index in [9.17, 15) is 13.6 Å². The summed E-state index contributed by atoms with van der Waals surface area (Å²) >= 11 is 0. The molecule has 3 unspecified atom stereocenters. The first kappa shape index (κ1) is 20.5. The van der Waals surface area contributed by atoms with Gasteiger partial charge in [-0.1, -0.05) is 12.1 Å². The fourth-order valence-corrected chi connectivity index (χ4v) is 4.63. The highest BCUT2D eigenvalue weighted by Gasteiger charge is 2.41. The Labute approximate surface area is 173 Å². The van der Waals surface area contributed by atoms with E-state index in [1.54, 1.807) is 12.1 Å². The van der Waals surface area contributed by atoms with Gasteiger partial charge < -0.3 is 15.2 Å². The quantitative estimate of drug-likeness (QED) is 0.776. The van der Waals surface area contributed by atoms with Crippen molar-refractivity contribution in [3.63, 3.8) is 0 Å². The maximum Gasteiger partial charge on any atom is 0.404 e. The average Bonchev–Trinajstić information content (AvgIpc) is 3.12. The van der Waals surface area contributed by atoms with E-state index < -0.39 is 11.9 Å². The van der Waals surface area contributed by atoms with Crippen LogP contribution in [0.25, 0.3) is 0 Å². The second kappa shape index (κ2) is 8.91. The lowest BCUT2D eigenvalue weighted by Crippen LogP contribution is -2.53. The second-order valence-electron chi connectivity index (χ2n) is 7.94. The fraction of sp³-hybridized carbons (Fsp3) is 0.476. The van der Waals surface area contributed by atoms with Gasteiger partial charge in [0.25, 0.3) is 0 Å². The molecule has 2 fully saturated rings. The monoisotopic (exact) mass is 418 g/mol. The first-order valence-electron chi connectivity index (χ1n) is 10.1. The summed E-state index contributed by atoms with van der Waals surface area (Å²) < 4.78 is 33.0. The number of carbonyl (C=O) groups is 1. The first-order chi connectivity index (χ1) is 14.5. The summed E-state index contributed by atoms with van der Waals surface area (Å²) in [6.07, 6.45) is 2.83. The minimum atomic E-state index is -1.03. The largest absolute Gasteiger partial charge is 0.472 e. The number of likely N-dealkylation sites (tertiary alicyclic amines) is 1. The van der Waals surface area contributed by atoms with Crippen LogP contribution in [0.3, 0.4) is 0 Å². The van der Waals surface area contributed by atoms with Gasteiger partial charge in [-0.15, -0.1) is 5.10 Å². The summed E-state index contributed by atoms with van der Waals surface area (Å²) in [4.78, 5) is 13.3. The molecular formula is C21H24F2N4O3. The van der Waals surface area contributed by atoms with Crippen LogP contribution in [0.2, 0.25) is 0 Å². The molecule has 0 radical (unpaired) electrons. The van der Waals surface area contributed by atoms with Crippen molar-refractivity contribution in [2.45, 2.75) is 49.8 Å². The van der Waals surface area contributed by atoms with Crippen LogP contribution in [-0.2, 0) is 0 Å². The molecule has 4 rings (SSSR count). The third kappa shape index (κ3) is 4.84. The summed E-state index contributed by atoms with van der Waals surface area (Å²) in [5.41, 5.74) is 1.02. The van der Waals surface area contributed by atoms with E-state index in [1.165, 1.54) is 18.2 Å². The number of nitrogens with one attached hydrogen (secondary N) is 1. The number of hydrogen-bond donors (Lipinski definition) is 2. The third-order valence-electron chi connectivity index (χ3n) is 5.93. The Morgan fingerprint density at radius 1 is 1.20 bits per heavy atom. The zero-order valence-corrected chi connectivity index (χ0v) is 16.4. The number of carboxylic acid groups (broad SMARTS) is 1. The van der Waals surface area contributed by atoms with Crippen molar-refractivity contribution in [2.75, 3.05) is 13.1 Å². The SMILES string of the molecule is O=C(O)N[C@@H]1CCCN(C2CC(c3ccc(F)cc3)CC2Oc2cc(F)cnn2)C1. The second-order valence-corrected chi connectivity index (χ2v) is 7.94. The van der Waals surface area contributed by atoms with Crippen LogP contribution in [0.5, 0.6) is 5.88 Å². The molecule has 2 aliphatic rings. The minimum Gasteiger partial charge on any atom is -0.472 e. The van der Waals surface area contributed by atoms with E-state index in [1.807, 2.05) is 0 Å². The van der Waals surface area contributed by atoms with Gasteiger partial charge in [0.2, 0.25) is 5.88 Å². The zero-order valence-electron chi connectivity index (χ0n) is 16.4. The lowest BCUT2D eigenvalue weighted by atomic mass is 9.97. The van der Waals surface area contributed by atoms with Crippen molar-refractivity contribution < 1.29 is 23.4 Å². The van der Waals surface area contributed by atoms with Crippen molar-refractivity contribution in [1.82, 2.24) is 20.4 Å². The maximum absolute atomic E-state index is 13.6. The van der Waals surface area contributed by atoms with Crippen molar-refractivity contribution in [3.05, 3.63) is 53.7 Å². The smallest absolute Gasteiger partial charge is 0.404 e. The predicted molar refractivity (Wildman–Crippen MR) is 104 cm³/mol. The Kier molecular flexibility index (Phi) is 6.08. The average molecular weight is 418 g/mol. The molecule has 1 aromatic heterocycles. The van der Waals surface area contributed by atoms with Crippen molar-refractivity contribution in [2.24, 2.45) is 0 Å². The third-order valence-corrected chi connectivity index (χ3v) is 5.93. The first-order valence-corrected chi connectivity index (χ1v) is 10.1. The summed E-state index contributed by atoms with van der Waals surface area (Å²) in [7, 11) is 0. The van der Waals surface area contributed by atoms with E-state index in [0.717, 1.165) is 37.6 Å². The van der Waals surface area contributed by atoms with Crippen LogP contribution in [0.1, 0.15) is 37.2 Å². The molecule has 7 nitrogen and oxygen atoms in total. The van der Waals surface area contributed by atoms with Crippen molar-refractivity contribution in [1.29, 1.82) is 0 Å². The van der Waals surface area contributed by atoms with Crippen molar-refractivity contribution in [3.8, 4) is 5.88 Å². The standard InChI is InChI=1S/C21H24F2N4O3/c22-15-5-3-13(4-6-15)14-8-18(27-7-1-2-17(12-27)25-21(28)29)19(9-14)30-20-10-16(23)11-24-26-20/h3-6,10-11,14,17-19,25H,1-2,7-9,12H2,(H,28,29)/t14?,17-,18?,19?/m1/s1. The van der Waals surface area contributed by atoms with Crippen LogP contribution >= 0.6 is 0 Å². The summed E-state index contributed by atoms with van der Waals surface area (Å²) in [6, 6.07) is 7.53.